The van der Waals surface area contributed by atoms with E-state index in [1.54, 1.807) is 0 Å². The average Bonchev–Trinajstić information content (AvgIpc) is 2.67. The van der Waals surface area contributed by atoms with Crippen molar-refractivity contribution < 1.29 is 13.2 Å². The SMILES string of the molecule is CCNc1cc(NC2CCC(C)(C)C2)nc(C(F)(F)F)n1. The summed E-state index contributed by atoms with van der Waals surface area (Å²) in [5.74, 6) is -0.684. The topological polar surface area (TPSA) is 49.8 Å². The molecule has 118 valence electrons. The molecule has 1 unspecified atom stereocenters. The summed E-state index contributed by atoms with van der Waals surface area (Å²) in [6.07, 6.45) is -1.62. The van der Waals surface area contributed by atoms with Crippen molar-refractivity contribution >= 4 is 11.6 Å². The lowest BCUT2D eigenvalue weighted by Crippen LogP contribution is -2.21. The summed E-state index contributed by atoms with van der Waals surface area (Å²) in [6, 6.07) is 1.69. The molecule has 1 aliphatic carbocycles. The van der Waals surface area contributed by atoms with Gasteiger partial charge in [-0.2, -0.15) is 13.2 Å². The monoisotopic (exact) mass is 302 g/mol. The maximum Gasteiger partial charge on any atom is 0.451 e. The van der Waals surface area contributed by atoms with Crippen LogP contribution in [0.5, 0.6) is 0 Å². The van der Waals surface area contributed by atoms with Gasteiger partial charge in [-0.1, -0.05) is 13.8 Å². The first kappa shape index (κ1) is 15.9. The Labute approximate surface area is 122 Å². The molecule has 1 aromatic rings. The normalized spacial score (nSPS) is 21.3. The molecule has 0 radical (unpaired) electrons. The molecule has 0 amide bonds. The predicted octanol–water partition coefficient (Wildman–Crippen LogP) is 3.92. The van der Waals surface area contributed by atoms with Crippen LogP contribution < -0.4 is 10.6 Å². The number of halogens is 3. The predicted molar refractivity (Wildman–Crippen MR) is 76.2 cm³/mol. The summed E-state index contributed by atoms with van der Waals surface area (Å²) in [4.78, 5) is 7.12. The van der Waals surface area contributed by atoms with Crippen LogP contribution in [0.4, 0.5) is 24.8 Å². The van der Waals surface area contributed by atoms with Gasteiger partial charge >= 0.3 is 6.18 Å². The highest BCUT2D eigenvalue weighted by atomic mass is 19.4. The minimum Gasteiger partial charge on any atom is -0.370 e. The molecule has 2 rings (SSSR count). The summed E-state index contributed by atoms with van der Waals surface area (Å²) < 4.78 is 38.5. The van der Waals surface area contributed by atoms with E-state index in [1.165, 1.54) is 6.07 Å². The highest BCUT2D eigenvalue weighted by Gasteiger charge is 2.36. The first-order valence-corrected chi connectivity index (χ1v) is 7.16. The Kier molecular flexibility index (Phi) is 4.30. The van der Waals surface area contributed by atoms with E-state index in [4.69, 9.17) is 0 Å². The van der Waals surface area contributed by atoms with Gasteiger partial charge in [0.2, 0.25) is 5.82 Å². The number of hydrogen-bond donors (Lipinski definition) is 2. The number of nitrogens with one attached hydrogen (secondary N) is 2. The zero-order valence-corrected chi connectivity index (χ0v) is 12.5. The fraction of sp³-hybridized carbons (Fsp3) is 0.714. The molecule has 1 aliphatic rings. The zero-order chi connectivity index (χ0) is 15.7. The van der Waals surface area contributed by atoms with Crippen LogP contribution in [0.25, 0.3) is 0 Å². The van der Waals surface area contributed by atoms with Crippen LogP contribution >= 0.6 is 0 Å². The van der Waals surface area contributed by atoms with Gasteiger partial charge in [0.15, 0.2) is 0 Å². The highest BCUT2D eigenvalue weighted by Crippen LogP contribution is 2.38. The second-order valence-electron chi connectivity index (χ2n) is 6.24. The van der Waals surface area contributed by atoms with Gasteiger partial charge in [-0.05, 0) is 31.6 Å². The zero-order valence-electron chi connectivity index (χ0n) is 12.5. The third-order valence-electron chi connectivity index (χ3n) is 3.66. The molecule has 0 bridgehead atoms. The van der Waals surface area contributed by atoms with Crippen molar-refractivity contribution in [3.05, 3.63) is 11.9 Å². The maximum absolute atomic E-state index is 12.8. The molecule has 1 heterocycles. The van der Waals surface area contributed by atoms with Crippen LogP contribution in [0.1, 0.15) is 45.9 Å². The van der Waals surface area contributed by atoms with Crippen LogP contribution in [0, 0.1) is 5.41 Å². The first-order chi connectivity index (χ1) is 9.69. The van der Waals surface area contributed by atoms with Crippen molar-refractivity contribution in [2.75, 3.05) is 17.2 Å². The van der Waals surface area contributed by atoms with E-state index in [-0.39, 0.29) is 23.1 Å². The maximum atomic E-state index is 12.8. The fourth-order valence-electron chi connectivity index (χ4n) is 2.69. The molecule has 0 spiro atoms. The Morgan fingerprint density at radius 2 is 1.95 bits per heavy atom. The van der Waals surface area contributed by atoms with Crippen LogP contribution in [0.15, 0.2) is 6.07 Å². The molecule has 1 fully saturated rings. The molecule has 1 saturated carbocycles. The molecule has 0 aliphatic heterocycles. The van der Waals surface area contributed by atoms with Gasteiger partial charge in [0.25, 0.3) is 0 Å². The summed E-state index contributed by atoms with van der Waals surface area (Å²) in [5.41, 5.74) is 0.224. The fourth-order valence-corrected chi connectivity index (χ4v) is 2.69. The Bertz CT molecular complexity index is 499. The minimum absolute atomic E-state index is 0.158. The molecule has 1 aromatic heterocycles. The first-order valence-electron chi connectivity index (χ1n) is 7.16. The Morgan fingerprint density at radius 1 is 1.29 bits per heavy atom. The molecule has 1 atom stereocenters. The summed E-state index contributed by atoms with van der Waals surface area (Å²) in [7, 11) is 0. The van der Waals surface area contributed by atoms with Crippen molar-refractivity contribution in [1.82, 2.24) is 9.97 Å². The number of rotatable bonds is 4. The number of hydrogen-bond acceptors (Lipinski definition) is 4. The summed E-state index contributed by atoms with van der Waals surface area (Å²) in [6.45, 7) is 6.64. The van der Waals surface area contributed by atoms with Crippen molar-refractivity contribution in [3.63, 3.8) is 0 Å². The number of aromatic nitrogens is 2. The Morgan fingerprint density at radius 3 is 2.48 bits per heavy atom. The minimum atomic E-state index is -4.54. The smallest absolute Gasteiger partial charge is 0.370 e. The summed E-state index contributed by atoms with van der Waals surface area (Å²) >= 11 is 0. The molecular formula is C14H21F3N4. The van der Waals surface area contributed by atoms with E-state index < -0.39 is 12.0 Å². The Hall–Kier alpha value is -1.53. The van der Waals surface area contributed by atoms with Gasteiger partial charge in [-0.25, -0.2) is 9.97 Å². The molecule has 0 aromatic carbocycles. The van der Waals surface area contributed by atoms with Crippen molar-refractivity contribution in [2.24, 2.45) is 5.41 Å². The van der Waals surface area contributed by atoms with E-state index in [2.05, 4.69) is 34.4 Å². The number of alkyl halides is 3. The van der Waals surface area contributed by atoms with Crippen LogP contribution in [-0.2, 0) is 6.18 Å². The van der Waals surface area contributed by atoms with E-state index in [9.17, 15) is 13.2 Å². The largest absolute Gasteiger partial charge is 0.451 e. The van der Waals surface area contributed by atoms with E-state index in [1.807, 2.05) is 6.92 Å². The second-order valence-corrected chi connectivity index (χ2v) is 6.24. The molecule has 0 saturated heterocycles. The average molecular weight is 302 g/mol. The number of anilines is 2. The molecular weight excluding hydrogens is 281 g/mol. The molecule has 2 N–H and O–H groups in total. The summed E-state index contributed by atoms with van der Waals surface area (Å²) in [5, 5.41) is 5.93. The molecule has 4 nitrogen and oxygen atoms in total. The van der Waals surface area contributed by atoms with Crippen molar-refractivity contribution in [2.45, 2.75) is 52.3 Å². The van der Waals surface area contributed by atoms with Crippen LogP contribution in [-0.4, -0.2) is 22.6 Å². The van der Waals surface area contributed by atoms with Gasteiger partial charge in [-0.3, -0.25) is 0 Å². The van der Waals surface area contributed by atoms with E-state index in [0.29, 0.717) is 6.54 Å². The lowest BCUT2D eigenvalue weighted by molar-refractivity contribution is -0.144. The highest BCUT2D eigenvalue weighted by molar-refractivity contribution is 5.48. The van der Waals surface area contributed by atoms with Gasteiger partial charge in [0.05, 0.1) is 0 Å². The lowest BCUT2D eigenvalue weighted by atomic mass is 9.92. The third kappa shape index (κ3) is 4.22. The van der Waals surface area contributed by atoms with Crippen molar-refractivity contribution in [3.8, 4) is 0 Å². The van der Waals surface area contributed by atoms with Crippen LogP contribution in [0.3, 0.4) is 0 Å². The molecule has 7 heteroatoms. The molecule has 21 heavy (non-hydrogen) atoms. The number of nitrogens with zero attached hydrogens (tertiary/aromatic N) is 2. The second kappa shape index (κ2) is 5.69. The van der Waals surface area contributed by atoms with Crippen molar-refractivity contribution in [1.29, 1.82) is 0 Å². The van der Waals surface area contributed by atoms with Crippen LogP contribution in [0.2, 0.25) is 0 Å². The standard InChI is InChI=1S/C14H21F3N4/c1-4-18-10-7-11(21-12(20-10)14(15,16)17)19-9-5-6-13(2,3)8-9/h7,9H,4-6,8H2,1-3H3,(H2,18,19,20,21). The lowest BCUT2D eigenvalue weighted by Gasteiger charge is -2.19. The van der Waals surface area contributed by atoms with E-state index in [0.717, 1.165) is 19.3 Å². The van der Waals surface area contributed by atoms with Gasteiger partial charge in [0, 0.05) is 18.7 Å². The van der Waals surface area contributed by atoms with Gasteiger partial charge in [-0.15, -0.1) is 0 Å². The van der Waals surface area contributed by atoms with Gasteiger partial charge in [0.1, 0.15) is 11.6 Å². The van der Waals surface area contributed by atoms with E-state index >= 15 is 0 Å². The third-order valence-corrected chi connectivity index (χ3v) is 3.66. The Balaban J connectivity index is 2.20. The van der Waals surface area contributed by atoms with Gasteiger partial charge < -0.3 is 10.6 Å². The quantitative estimate of drug-likeness (QED) is 0.885.